The van der Waals surface area contributed by atoms with Crippen LogP contribution in [0.2, 0.25) is 5.02 Å². The lowest BCUT2D eigenvalue weighted by molar-refractivity contribution is -0.197. The fourth-order valence-corrected chi connectivity index (χ4v) is 3.24. The second kappa shape index (κ2) is 7.69. The van der Waals surface area contributed by atoms with Gasteiger partial charge in [-0.25, -0.2) is 5.06 Å². The van der Waals surface area contributed by atoms with Crippen LogP contribution in [0.15, 0.2) is 48.5 Å². The van der Waals surface area contributed by atoms with Gasteiger partial charge in [0.2, 0.25) is 5.91 Å². The predicted molar refractivity (Wildman–Crippen MR) is 92.9 cm³/mol. The van der Waals surface area contributed by atoms with E-state index in [4.69, 9.17) is 16.4 Å². The van der Waals surface area contributed by atoms with Crippen molar-refractivity contribution >= 4 is 17.5 Å². The molecule has 1 heterocycles. The Balaban J connectivity index is 1.90. The van der Waals surface area contributed by atoms with E-state index in [1.165, 1.54) is 5.06 Å². The number of halogens is 1. The van der Waals surface area contributed by atoms with Crippen molar-refractivity contribution in [3.05, 3.63) is 64.7 Å². The van der Waals surface area contributed by atoms with E-state index in [2.05, 4.69) is 0 Å². The van der Waals surface area contributed by atoms with Crippen molar-refractivity contribution in [3.8, 4) is 5.75 Å². The Morgan fingerprint density at radius 2 is 2.04 bits per heavy atom. The lowest BCUT2D eigenvalue weighted by Crippen LogP contribution is -2.36. The number of hydrogen-bond donors (Lipinski definition) is 1. The van der Waals surface area contributed by atoms with Crippen molar-refractivity contribution in [1.29, 1.82) is 0 Å². The molecule has 3 rings (SSSR count). The Bertz CT molecular complexity index is 713. The molecule has 0 unspecified atom stereocenters. The molecular formula is C19H20ClNO3. The number of aromatic hydroxyl groups is 1. The van der Waals surface area contributed by atoms with Crippen LogP contribution in [0.4, 0.5) is 0 Å². The molecule has 126 valence electrons. The summed E-state index contributed by atoms with van der Waals surface area (Å²) in [4.78, 5) is 18.1. The molecule has 0 spiro atoms. The first-order valence-electron chi connectivity index (χ1n) is 8.12. The van der Waals surface area contributed by atoms with Gasteiger partial charge >= 0.3 is 0 Å². The Hall–Kier alpha value is -2.04. The molecule has 1 fully saturated rings. The number of phenolic OH excluding ortho intramolecular Hbond substituents is 1. The smallest absolute Gasteiger partial charge is 0.247 e. The molecule has 2 aromatic rings. The largest absolute Gasteiger partial charge is 0.508 e. The third-order valence-electron chi connectivity index (χ3n) is 4.21. The highest BCUT2D eigenvalue weighted by atomic mass is 35.5. The molecule has 1 amide bonds. The van der Waals surface area contributed by atoms with Gasteiger partial charge in [0.05, 0.1) is 6.61 Å². The van der Waals surface area contributed by atoms with Gasteiger partial charge in [0.15, 0.2) is 0 Å². The number of hydroxylamine groups is 2. The Morgan fingerprint density at radius 3 is 2.75 bits per heavy atom. The lowest BCUT2D eigenvalue weighted by atomic mass is 9.88. The number of benzene rings is 2. The maximum atomic E-state index is 12.6. The topological polar surface area (TPSA) is 49.8 Å². The monoisotopic (exact) mass is 345 g/mol. The van der Waals surface area contributed by atoms with Gasteiger partial charge in [-0.15, -0.1) is 0 Å². The first-order valence-corrected chi connectivity index (χ1v) is 8.49. The zero-order valence-electron chi connectivity index (χ0n) is 13.3. The number of hydrogen-bond acceptors (Lipinski definition) is 3. The van der Waals surface area contributed by atoms with E-state index in [9.17, 15) is 9.90 Å². The van der Waals surface area contributed by atoms with E-state index in [0.717, 1.165) is 24.0 Å². The van der Waals surface area contributed by atoms with Gasteiger partial charge in [0.25, 0.3) is 0 Å². The van der Waals surface area contributed by atoms with Crippen molar-refractivity contribution in [2.45, 2.75) is 25.2 Å². The molecular weight excluding hydrogens is 326 g/mol. The summed E-state index contributed by atoms with van der Waals surface area (Å²) in [5.41, 5.74) is 1.73. The minimum absolute atomic E-state index is 0.0667. The molecule has 5 heteroatoms. The first kappa shape index (κ1) is 16.8. The third-order valence-corrected chi connectivity index (χ3v) is 4.56. The Morgan fingerprint density at radius 1 is 1.21 bits per heavy atom. The number of amides is 1. The van der Waals surface area contributed by atoms with Gasteiger partial charge in [-0.2, -0.15) is 0 Å². The molecule has 0 bridgehead atoms. The second-order valence-electron chi connectivity index (χ2n) is 5.91. The van der Waals surface area contributed by atoms with E-state index in [1.807, 2.05) is 30.3 Å². The second-order valence-corrected chi connectivity index (χ2v) is 6.32. The number of phenols is 1. The first-order chi connectivity index (χ1) is 11.6. The van der Waals surface area contributed by atoms with E-state index in [0.29, 0.717) is 18.2 Å². The third kappa shape index (κ3) is 3.89. The number of rotatable bonds is 4. The molecule has 4 nitrogen and oxygen atoms in total. The highest BCUT2D eigenvalue weighted by Gasteiger charge is 2.25. The molecule has 1 aliphatic rings. The average molecular weight is 346 g/mol. The summed E-state index contributed by atoms with van der Waals surface area (Å²) >= 11 is 6.36. The van der Waals surface area contributed by atoms with Gasteiger partial charge in [-0.3, -0.25) is 9.63 Å². The predicted octanol–water partition coefficient (Wildman–Crippen LogP) is 4.12. The fourth-order valence-electron chi connectivity index (χ4n) is 2.98. The molecule has 24 heavy (non-hydrogen) atoms. The number of carbonyl (C=O) groups is 1. The van der Waals surface area contributed by atoms with E-state index in [-0.39, 0.29) is 24.0 Å². The molecule has 0 aromatic heterocycles. The maximum absolute atomic E-state index is 12.6. The molecule has 2 aromatic carbocycles. The van der Waals surface area contributed by atoms with Crippen LogP contribution in [0.5, 0.6) is 5.75 Å². The highest BCUT2D eigenvalue weighted by Crippen LogP contribution is 2.34. The minimum atomic E-state index is -0.233. The standard InChI is InChI=1S/C19H20ClNO3/c20-18-9-2-1-8-16(18)17(14-6-5-7-15(22)12-14)13-19(23)21-10-3-4-11-24-21/h1-2,5-9,12,17,22H,3-4,10-11,13H2/t17-/m1/s1. The maximum Gasteiger partial charge on any atom is 0.247 e. The summed E-state index contributed by atoms with van der Waals surface area (Å²) in [6.45, 7) is 1.20. The average Bonchev–Trinajstić information content (AvgIpc) is 2.61. The summed E-state index contributed by atoms with van der Waals surface area (Å²) in [7, 11) is 0. The van der Waals surface area contributed by atoms with Crippen LogP contribution in [-0.2, 0) is 9.63 Å². The van der Waals surface area contributed by atoms with Crippen LogP contribution in [-0.4, -0.2) is 29.2 Å². The lowest BCUT2D eigenvalue weighted by Gasteiger charge is -2.28. The van der Waals surface area contributed by atoms with Crippen LogP contribution in [0.3, 0.4) is 0 Å². The normalized spacial score (nSPS) is 16.0. The summed E-state index contributed by atoms with van der Waals surface area (Å²) in [6.07, 6.45) is 2.17. The van der Waals surface area contributed by atoms with Crippen molar-refractivity contribution in [1.82, 2.24) is 5.06 Å². The summed E-state index contributed by atoms with van der Waals surface area (Å²) < 4.78 is 0. The summed E-state index contributed by atoms with van der Waals surface area (Å²) in [5, 5.41) is 11.9. The van der Waals surface area contributed by atoms with E-state index >= 15 is 0 Å². The van der Waals surface area contributed by atoms with E-state index < -0.39 is 0 Å². The van der Waals surface area contributed by atoms with Crippen LogP contribution in [0, 0.1) is 0 Å². The minimum Gasteiger partial charge on any atom is -0.508 e. The van der Waals surface area contributed by atoms with E-state index in [1.54, 1.807) is 18.2 Å². The molecule has 0 saturated carbocycles. The molecule has 0 aliphatic carbocycles. The Labute approximate surface area is 146 Å². The summed E-state index contributed by atoms with van der Waals surface area (Å²) in [6, 6.07) is 14.5. The van der Waals surface area contributed by atoms with Crippen LogP contribution < -0.4 is 0 Å². The van der Waals surface area contributed by atoms with Crippen molar-refractivity contribution < 1.29 is 14.7 Å². The molecule has 1 atom stereocenters. The van der Waals surface area contributed by atoms with Crippen molar-refractivity contribution in [2.24, 2.45) is 0 Å². The van der Waals surface area contributed by atoms with Crippen molar-refractivity contribution in [2.75, 3.05) is 13.2 Å². The number of carbonyl (C=O) groups excluding carboxylic acids is 1. The highest BCUT2D eigenvalue weighted by molar-refractivity contribution is 6.31. The fraction of sp³-hybridized carbons (Fsp3) is 0.316. The number of nitrogens with zero attached hydrogens (tertiary/aromatic N) is 1. The van der Waals surface area contributed by atoms with Gasteiger partial charge in [0, 0.05) is 23.9 Å². The Kier molecular flexibility index (Phi) is 5.38. The van der Waals surface area contributed by atoms with Gasteiger partial charge < -0.3 is 5.11 Å². The SMILES string of the molecule is O=C(C[C@H](c1cccc(O)c1)c1ccccc1Cl)N1CCCCO1. The van der Waals surface area contributed by atoms with Crippen molar-refractivity contribution in [3.63, 3.8) is 0 Å². The van der Waals surface area contributed by atoms with Crippen LogP contribution in [0.25, 0.3) is 0 Å². The summed E-state index contributed by atoms with van der Waals surface area (Å²) in [5.74, 6) is -0.127. The quantitative estimate of drug-likeness (QED) is 0.906. The van der Waals surface area contributed by atoms with Crippen LogP contribution in [0.1, 0.15) is 36.3 Å². The van der Waals surface area contributed by atoms with Gasteiger partial charge in [-0.05, 0) is 42.2 Å². The van der Waals surface area contributed by atoms with Gasteiger partial charge in [-0.1, -0.05) is 41.9 Å². The molecule has 1 N–H and O–H groups in total. The zero-order valence-corrected chi connectivity index (χ0v) is 14.1. The van der Waals surface area contributed by atoms with Crippen LogP contribution >= 0.6 is 11.6 Å². The molecule has 0 radical (unpaired) electrons. The molecule has 1 saturated heterocycles. The zero-order chi connectivity index (χ0) is 16.9. The van der Waals surface area contributed by atoms with Gasteiger partial charge in [0.1, 0.15) is 5.75 Å². The molecule has 1 aliphatic heterocycles.